The SMILES string of the molecule is COc1ccc(C(C)(F)CO)cc1Br. The van der Waals surface area contributed by atoms with Crippen LogP contribution in [0.1, 0.15) is 12.5 Å². The Morgan fingerprint density at radius 1 is 1.57 bits per heavy atom. The molecule has 4 heteroatoms. The molecule has 0 radical (unpaired) electrons. The summed E-state index contributed by atoms with van der Waals surface area (Å²) in [5.41, 5.74) is -1.29. The third-order valence-electron chi connectivity index (χ3n) is 2.05. The second kappa shape index (κ2) is 4.28. The minimum absolute atomic E-state index is 0.424. The van der Waals surface area contributed by atoms with Gasteiger partial charge in [0.2, 0.25) is 0 Å². The summed E-state index contributed by atoms with van der Waals surface area (Å²) in [5, 5.41) is 8.84. The van der Waals surface area contributed by atoms with Gasteiger partial charge in [-0.2, -0.15) is 0 Å². The van der Waals surface area contributed by atoms with Crippen LogP contribution in [0.5, 0.6) is 5.75 Å². The maximum atomic E-state index is 13.7. The smallest absolute Gasteiger partial charge is 0.156 e. The lowest BCUT2D eigenvalue weighted by Crippen LogP contribution is -2.20. The van der Waals surface area contributed by atoms with E-state index in [4.69, 9.17) is 9.84 Å². The standard InChI is InChI=1S/C10H12BrFO2/c1-10(12,6-13)7-3-4-9(14-2)8(11)5-7/h3-5,13H,6H2,1-2H3. The van der Waals surface area contributed by atoms with Crippen LogP contribution in [-0.4, -0.2) is 18.8 Å². The van der Waals surface area contributed by atoms with Crippen LogP contribution < -0.4 is 4.74 Å². The molecular formula is C10H12BrFO2. The van der Waals surface area contributed by atoms with E-state index in [1.54, 1.807) is 25.3 Å². The fraction of sp³-hybridized carbons (Fsp3) is 0.400. The summed E-state index contributed by atoms with van der Waals surface area (Å²) in [6.45, 7) is 0.799. The second-order valence-electron chi connectivity index (χ2n) is 3.20. The molecule has 1 unspecified atom stereocenters. The van der Waals surface area contributed by atoms with Crippen LogP contribution in [0.3, 0.4) is 0 Å². The van der Waals surface area contributed by atoms with Crippen LogP contribution >= 0.6 is 15.9 Å². The Morgan fingerprint density at radius 2 is 2.21 bits per heavy atom. The van der Waals surface area contributed by atoms with Crippen LogP contribution in [-0.2, 0) is 5.67 Å². The minimum atomic E-state index is -1.71. The Kier molecular flexibility index (Phi) is 3.50. The normalized spacial score (nSPS) is 14.9. The highest BCUT2D eigenvalue weighted by Gasteiger charge is 2.25. The zero-order chi connectivity index (χ0) is 10.8. The van der Waals surface area contributed by atoms with Crippen LogP contribution in [0.2, 0.25) is 0 Å². The number of benzene rings is 1. The Morgan fingerprint density at radius 3 is 2.64 bits per heavy atom. The lowest BCUT2D eigenvalue weighted by atomic mass is 9.99. The number of ether oxygens (including phenoxy) is 1. The molecule has 0 spiro atoms. The van der Waals surface area contributed by atoms with E-state index in [0.29, 0.717) is 15.8 Å². The summed E-state index contributed by atoms with van der Waals surface area (Å²) in [5.74, 6) is 0.641. The van der Waals surface area contributed by atoms with Gasteiger partial charge in [-0.25, -0.2) is 4.39 Å². The van der Waals surface area contributed by atoms with Crippen molar-refractivity contribution in [3.63, 3.8) is 0 Å². The van der Waals surface area contributed by atoms with Crippen molar-refractivity contribution in [2.45, 2.75) is 12.6 Å². The highest BCUT2D eigenvalue weighted by atomic mass is 79.9. The number of alkyl halides is 1. The molecule has 1 aromatic rings. The van der Waals surface area contributed by atoms with Gasteiger partial charge in [-0.15, -0.1) is 0 Å². The first-order valence-electron chi connectivity index (χ1n) is 4.15. The van der Waals surface area contributed by atoms with Crippen molar-refractivity contribution in [1.29, 1.82) is 0 Å². The van der Waals surface area contributed by atoms with Gasteiger partial charge < -0.3 is 9.84 Å². The van der Waals surface area contributed by atoms with Gasteiger partial charge in [-0.3, -0.25) is 0 Å². The highest BCUT2D eigenvalue weighted by Crippen LogP contribution is 2.32. The number of methoxy groups -OCH3 is 1. The van der Waals surface area contributed by atoms with Gasteiger partial charge in [0.15, 0.2) is 5.67 Å². The molecule has 0 bridgehead atoms. The number of aliphatic hydroxyl groups is 1. The predicted octanol–water partition coefficient (Wildman–Crippen LogP) is 2.63. The summed E-state index contributed by atoms with van der Waals surface area (Å²) in [4.78, 5) is 0. The van der Waals surface area contributed by atoms with Crippen molar-refractivity contribution in [2.24, 2.45) is 0 Å². The van der Waals surface area contributed by atoms with E-state index < -0.39 is 12.3 Å². The molecule has 0 saturated heterocycles. The minimum Gasteiger partial charge on any atom is -0.496 e. The maximum absolute atomic E-state index is 13.7. The van der Waals surface area contributed by atoms with E-state index in [1.807, 2.05) is 0 Å². The second-order valence-corrected chi connectivity index (χ2v) is 4.06. The zero-order valence-corrected chi connectivity index (χ0v) is 9.64. The lowest BCUT2D eigenvalue weighted by Gasteiger charge is -2.18. The molecule has 0 aliphatic carbocycles. The van der Waals surface area contributed by atoms with E-state index in [2.05, 4.69) is 15.9 Å². The van der Waals surface area contributed by atoms with Crippen molar-refractivity contribution < 1.29 is 14.2 Å². The molecule has 0 fully saturated rings. The van der Waals surface area contributed by atoms with Gasteiger partial charge in [-0.1, -0.05) is 6.07 Å². The van der Waals surface area contributed by atoms with Crippen LogP contribution in [0.25, 0.3) is 0 Å². The quantitative estimate of drug-likeness (QED) is 0.908. The monoisotopic (exact) mass is 262 g/mol. The number of aliphatic hydroxyl groups excluding tert-OH is 1. The van der Waals surface area contributed by atoms with Crippen LogP contribution in [0, 0.1) is 0 Å². The number of halogens is 2. The number of rotatable bonds is 3. The van der Waals surface area contributed by atoms with Crippen molar-refractivity contribution in [3.05, 3.63) is 28.2 Å². The van der Waals surface area contributed by atoms with Crippen molar-refractivity contribution in [2.75, 3.05) is 13.7 Å². The van der Waals surface area contributed by atoms with E-state index >= 15 is 0 Å². The fourth-order valence-electron chi connectivity index (χ4n) is 1.08. The summed E-state index contributed by atoms with van der Waals surface area (Å²) in [6, 6.07) is 4.86. The summed E-state index contributed by atoms with van der Waals surface area (Å²) >= 11 is 3.26. The average molecular weight is 263 g/mol. The fourth-order valence-corrected chi connectivity index (χ4v) is 1.62. The van der Waals surface area contributed by atoms with Gasteiger partial charge in [0, 0.05) is 0 Å². The molecule has 14 heavy (non-hydrogen) atoms. The summed E-state index contributed by atoms with van der Waals surface area (Å²) < 4.78 is 19.3. The Hall–Kier alpha value is -0.610. The van der Waals surface area contributed by atoms with Gasteiger partial charge in [-0.05, 0) is 40.5 Å². The third kappa shape index (κ3) is 2.25. The van der Waals surface area contributed by atoms with E-state index in [9.17, 15) is 4.39 Å². The molecule has 0 aromatic heterocycles. The molecule has 0 heterocycles. The third-order valence-corrected chi connectivity index (χ3v) is 2.67. The van der Waals surface area contributed by atoms with Gasteiger partial charge >= 0.3 is 0 Å². The topological polar surface area (TPSA) is 29.5 Å². The first kappa shape index (κ1) is 11.5. The van der Waals surface area contributed by atoms with Crippen molar-refractivity contribution in [3.8, 4) is 5.75 Å². The summed E-state index contributed by atoms with van der Waals surface area (Å²) in [6.07, 6.45) is 0. The van der Waals surface area contributed by atoms with E-state index in [0.717, 1.165) is 0 Å². The Balaban J connectivity index is 3.08. The zero-order valence-electron chi connectivity index (χ0n) is 8.05. The molecular weight excluding hydrogens is 251 g/mol. The first-order valence-corrected chi connectivity index (χ1v) is 4.94. The number of hydrogen-bond acceptors (Lipinski definition) is 2. The van der Waals surface area contributed by atoms with Crippen LogP contribution in [0.4, 0.5) is 4.39 Å². The molecule has 78 valence electrons. The largest absolute Gasteiger partial charge is 0.496 e. The maximum Gasteiger partial charge on any atom is 0.156 e. The number of hydrogen-bond donors (Lipinski definition) is 1. The molecule has 0 aliphatic rings. The average Bonchev–Trinajstić information content (AvgIpc) is 2.17. The highest BCUT2D eigenvalue weighted by molar-refractivity contribution is 9.10. The van der Waals surface area contributed by atoms with E-state index in [1.165, 1.54) is 6.92 Å². The molecule has 0 aliphatic heterocycles. The lowest BCUT2D eigenvalue weighted by molar-refractivity contribution is 0.0867. The van der Waals surface area contributed by atoms with Crippen molar-refractivity contribution in [1.82, 2.24) is 0 Å². The first-order chi connectivity index (χ1) is 6.51. The molecule has 1 rings (SSSR count). The molecule has 1 N–H and O–H groups in total. The van der Waals surface area contributed by atoms with Crippen molar-refractivity contribution >= 4 is 15.9 Å². The van der Waals surface area contributed by atoms with E-state index in [-0.39, 0.29) is 0 Å². The molecule has 2 nitrogen and oxygen atoms in total. The van der Waals surface area contributed by atoms with Gasteiger partial charge in [0.25, 0.3) is 0 Å². The summed E-state index contributed by atoms with van der Waals surface area (Å²) in [7, 11) is 1.54. The van der Waals surface area contributed by atoms with Gasteiger partial charge in [0.1, 0.15) is 5.75 Å². The molecule has 1 atom stereocenters. The van der Waals surface area contributed by atoms with Gasteiger partial charge in [0.05, 0.1) is 18.2 Å². The molecule has 1 aromatic carbocycles. The molecule has 0 amide bonds. The Labute approximate surface area is 90.8 Å². The van der Waals surface area contributed by atoms with Crippen LogP contribution in [0.15, 0.2) is 22.7 Å². The predicted molar refractivity (Wildman–Crippen MR) is 56.2 cm³/mol. The Bertz CT molecular complexity index is 326. The molecule has 0 saturated carbocycles.